The number of benzene rings is 1. The van der Waals surface area contributed by atoms with Crippen molar-refractivity contribution < 1.29 is 44.6 Å². The second kappa shape index (κ2) is 6.38. The second-order valence-electron chi connectivity index (χ2n) is 7.00. The van der Waals surface area contributed by atoms with Crippen LogP contribution in [-0.2, 0) is 26.3 Å². The summed E-state index contributed by atoms with van der Waals surface area (Å²) in [4.78, 5) is 31.9. The number of halogens is 3. The minimum absolute atomic E-state index is 0.0611. The molecule has 150 valence electrons. The predicted molar refractivity (Wildman–Crippen MR) is 94.9 cm³/mol. The summed E-state index contributed by atoms with van der Waals surface area (Å²) in [5, 5.41) is 11.5. The third kappa shape index (κ3) is 2.60. The zero-order valence-electron chi connectivity index (χ0n) is 15.1. The van der Waals surface area contributed by atoms with Gasteiger partial charge < -0.3 is 0 Å². The van der Waals surface area contributed by atoms with Crippen molar-refractivity contribution in [2.24, 2.45) is 0 Å². The molecule has 0 radical (unpaired) electrons. The number of rotatable bonds is 1. The van der Waals surface area contributed by atoms with Gasteiger partial charge in [0.15, 0.2) is 0 Å². The number of pyridine rings is 2. The Labute approximate surface area is 173 Å². The fourth-order valence-corrected chi connectivity index (χ4v) is 5.72. The standard InChI is InChI=1S/C20H14F2IN2O4/c1-23-20(28)12-4-16-18-10(2-9-3-13(21)14(22)5-15(9)24-18)6-25(16)19(27)11(12)7-29-8-17(20)26/h2-5,28H,6-8H2,1H3/q-1/t20-/m0/s1. The SMILES string of the molecule is C[I-][C@@]1(O)C(=O)COCc2c1cc1n(c2=O)Cc2cc3cc(F)c(F)cc3nc2-1. The molecule has 4 heterocycles. The van der Waals surface area contributed by atoms with Crippen LogP contribution in [0.5, 0.6) is 0 Å². The predicted octanol–water partition coefficient (Wildman–Crippen LogP) is -1.33. The van der Waals surface area contributed by atoms with E-state index in [1.165, 1.54) is 4.57 Å². The van der Waals surface area contributed by atoms with Crippen molar-refractivity contribution in [3.63, 3.8) is 0 Å². The molecule has 0 bridgehead atoms. The molecule has 0 aliphatic carbocycles. The fourth-order valence-electron chi connectivity index (χ4n) is 3.90. The molecule has 1 N–H and O–H groups in total. The molecule has 1 aromatic carbocycles. The molecule has 0 saturated heterocycles. The molecule has 0 fully saturated rings. The van der Waals surface area contributed by atoms with Gasteiger partial charge in [0.2, 0.25) is 0 Å². The van der Waals surface area contributed by atoms with E-state index in [-0.39, 0.29) is 42.0 Å². The molecule has 0 spiro atoms. The van der Waals surface area contributed by atoms with Crippen LogP contribution < -0.4 is 26.8 Å². The van der Waals surface area contributed by atoms with Gasteiger partial charge in [-0.3, -0.25) is 0 Å². The molecule has 9 heteroatoms. The van der Waals surface area contributed by atoms with Gasteiger partial charge >= 0.3 is 173 Å². The van der Waals surface area contributed by atoms with E-state index in [4.69, 9.17) is 4.74 Å². The molecular weight excluding hydrogens is 497 g/mol. The average Bonchev–Trinajstić information content (AvgIpc) is 2.99. The van der Waals surface area contributed by atoms with Gasteiger partial charge in [0.1, 0.15) is 0 Å². The molecule has 3 aromatic rings. The Morgan fingerprint density at radius 2 is 1.93 bits per heavy atom. The van der Waals surface area contributed by atoms with E-state index in [2.05, 4.69) is 4.98 Å². The van der Waals surface area contributed by atoms with Gasteiger partial charge in [-0.1, -0.05) is 0 Å². The zero-order valence-corrected chi connectivity index (χ0v) is 17.3. The summed E-state index contributed by atoms with van der Waals surface area (Å²) in [6, 6.07) is 5.39. The zero-order chi connectivity index (χ0) is 20.5. The molecule has 2 aliphatic heterocycles. The monoisotopic (exact) mass is 511 g/mol. The molecular formula is C20H14F2IN2O4-. The van der Waals surface area contributed by atoms with E-state index >= 15 is 0 Å². The molecule has 2 aromatic heterocycles. The van der Waals surface area contributed by atoms with Gasteiger partial charge in [-0.25, -0.2) is 0 Å². The first kappa shape index (κ1) is 18.8. The summed E-state index contributed by atoms with van der Waals surface area (Å²) in [5.41, 5.74) is 2.02. The van der Waals surface area contributed by atoms with Crippen LogP contribution in [0.25, 0.3) is 22.3 Å². The summed E-state index contributed by atoms with van der Waals surface area (Å²) in [6.45, 7) is -0.0987. The number of fused-ring (bicyclic) bond motifs is 5. The van der Waals surface area contributed by atoms with Crippen LogP contribution in [0.2, 0.25) is 0 Å². The Balaban J connectivity index is 1.80. The topological polar surface area (TPSA) is 81.4 Å². The number of hydrogen-bond donors (Lipinski definition) is 1. The van der Waals surface area contributed by atoms with Crippen LogP contribution in [0.15, 0.2) is 29.1 Å². The fraction of sp³-hybridized carbons (Fsp3) is 0.250. The van der Waals surface area contributed by atoms with E-state index in [0.717, 1.165) is 12.1 Å². The molecule has 1 atom stereocenters. The van der Waals surface area contributed by atoms with Crippen molar-refractivity contribution in [2.75, 3.05) is 11.5 Å². The first-order valence-corrected chi connectivity index (χ1v) is 12.0. The summed E-state index contributed by atoms with van der Waals surface area (Å²) < 4.78 is 32.4. The molecule has 0 saturated carbocycles. The normalized spacial score (nSPS) is 20.5. The number of aromatic nitrogens is 2. The summed E-state index contributed by atoms with van der Waals surface area (Å²) in [6.07, 6.45) is 0. The molecule has 0 unspecified atom stereocenters. The van der Waals surface area contributed by atoms with Gasteiger partial charge in [0, 0.05) is 0 Å². The second-order valence-corrected chi connectivity index (χ2v) is 9.64. The minimum atomic E-state index is -1.71. The van der Waals surface area contributed by atoms with E-state index in [9.17, 15) is 23.5 Å². The van der Waals surface area contributed by atoms with Gasteiger partial charge in [-0.15, -0.1) is 0 Å². The maximum absolute atomic E-state index is 13.7. The van der Waals surface area contributed by atoms with Crippen molar-refractivity contribution in [3.8, 4) is 11.4 Å². The number of Topliss-reactive ketones (excluding diaryl/α,β-unsaturated/α-hetero) is 1. The number of carbonyl (C=O) groups excluding carboxylic acids is 1. The van der Waals surface area contributed by atoms with Gasteiger partial charge in [-0.05, 0) is 0 Å². The van der Waals surface area contributed by atoms with Crippen LogP contribution in [0.1, 0.15) is 16.7 Å². The number of aliphatic hydroxyl groups is 1. The molecule has 5 rings (SSSR count). The van der Waals surface area contributed by atoms with E-state index in [0.29, 0.717) is 22.3 Å². The Morgan fingerprint density at radius 1 is 1.17 bits per heavy atom. The van der Waals surface area contributed by atoms with Crippen molar-refractivity contribution in [1.82, 2.24) is 9.55 Å². The van der Waals surface area contributed by atoms with Gasteiger partial charge in [-0.2, -0.15) is 0 Å². The summed E-state index contributed by atoms with van der Waals surface area (Å²) >= 11 is -1.00. The van der Waals surface area contributed by atoms with Gasteiger partial charge in [0.05, 0.1) is 0 Å². The number of alkyl halides is 2. The van der Waals surface area contributed by atoms with E-state index in [1.807, 2.05) is 0 Å². The first-order chi connectivity index (χ1) is 13.8. The summed E-state index contributed by atoms with van der Waals surface area (Å²) in [5.74, 6) is -2.43. The molecule has 2 aliphatic rings. The number of ether oxygens (including phenoxy) is 1. The van der Waals surface area contributed by atoms with Gasteiger partial charge in [0.25, 0.3) is 0 Å². The van der Waals surface area contributed by atoms with Crippen LogP contribution >= 0.6 is 0 Å². The van der Waals surface area contributed by atoms with Crippen LogP contribution in [0.4, 0.5) is 8.78 Å². The Hall–Kier alpha value is -2.24. The number of nitrogens with zero attached hydrogens (tertiary/aromatic N) is 2. The third-order valence-electron chi connectivity index (χ3n) is 5.39. The van der Waals surface area contributed by atoms with Crippen LogP contribution in [0, 0.1) is 11.6 Å². The molecule has 6 nitrogen and oxygen atoms in total. The van der Waals surface area contributed by atoms with E-state index in [1.54, 1.807) is 17.1 Å². The van der Waals surface area contributed by atoms with Crippen molar-refractivity contribution in [2.45, 2.75) is 16.8 Å². The third-order valence-corrected chi connectivity index (χ3v) is 8.13. The average molecular weight is 511 g/mol. The quantitative estimate of drug-likeness (QED) is 0.253. The Morgan fingerprint density at radius 3 is 2.69 bits per heavy atom. The number of carbonyl (C=O) groups is 1. The van der Waals surface area contributed by atoms with Crippen molar-refractivity contribution in [3.05, 3.63) is 62.9 Å². The summed E-state index contributed by atoms with van der Waals surface area (Å²) in [7, 11) is 0. The molecule has 0 amide bonds. The maximum atomic E-state index is 13.7. The Kier molecular flexibility index (Phi) is 4.13. The van der Waals surface area contributed by atoms with Crippen LogP contribution in [-0.4, -0.2) is 32.0 Å². The first-order valence-electron chi connectivity index (χ1n) is 8.73. The van der Waals surface area contributed by atoms with Crippen molar-refractivity contribution in [1.29, 1.82) is 0 Å². The van der Waals surface area contributed by atoms with Crippen LogP contribution in [0.3, 0.4) is 0 Å². The number of hydrogen-bond acceptors (Lipinski definition) is 5. The Bertz CT molecular complexity index is 1290. The molecule has 29 heavy (non-hydrogen) atoms. The van der Waals surface area contributed by atoms with Crippen molar-refractivity contribution >= 4 is 16.7 Å². The number of ketones is 1. The van der Waals surface area contributed by atoms with E-state index < -0.39 is 42.2 Å².